The number of fused-ring (bicyclic) bond motifs is 1. The maximum atomic E-state index is 6.28. The number of nitrogens with zero attached hydrogens (tertiary/aromatic N) is 1. The first kappa shape index (κ1) is 13.9. The lowest BCUT2D eigenvalue weighted by Gasteiger charge is -2.25. The summed E-state index contributed by atoms with van der Waals surface area (Å²) in [7, 11) is 0. The van der Waals surface area contributed by atoms with Gasteiger partial charge in [-0.15, -0.1) is 11.3 Å². The Hall–Kier alpha value is -2.07. The number of hydrogen-bond donors (Lipinski definition) is 2. The molecule has 0 atom stereocenters. The van der Waals surface area contributed by atoms with Crippen LogP contribution >= 0.6 is 11.3 Å². The lowest BCUT2D eigenvalue weighted by molar-refractivity contribution is 0.569. The third-order valence-electron chi connectivity index (χ3n) is 3.77. The molecule has 0 saturated carbocycles. The number of hydrogen-bond acceptors (Lipinski definition) is 4. The van der Waals surface area contributed by atoms with Crippen LogP contribution in [0.5, 0.6) is 0 Å². The quantitative estimate of drug-likeness (QED) is 0.707. The van der Waals surface area contributed by atoms with Crippen LogP contribution in [0.15, 0.2) is 48.1 Å². The Morgan fingerprint density at radius 1 is 1.24 bits per heavy atom. The van der Waals surface area contributed by atoms with E-state index in [0.29, 0.717) is 0 Å². The molecule has 0 fully saturated rings. The van der Waals surface area contributed by atoms with Crippen molar-refractivity contribution in [1.82, 2.24) is 4.98 Å². The number of thiophene rings is 1. The third-order valence-corrected chi connectivity index (χ3v) is 5.01. The smallest absolute Gasteiger partial charge is 0.0630 e. The molecule has 0 radical (unpaired) electrons. The molecular formula is C17H19N3S. The number of nitrogens with two attached hydrogens (primary N) is 1. The highest BCUT2D eigenvalue weighted by Gasteiger charge is 2.21. The molecule has 0 aliphatic carbocycles. The summed E-state index contributed by atoms with van der Waals surface area (Å²) in [5, 5.41) is 7.73. The first-order chi connectivity index (χ1) is 10.1. The number of nitrogen functional groups attached to an aromatic ring is 1. The maximum absolute atomic E-state index is 6.28. The van der Waals surface area contributed by atoms with Crippen molar-refractivity contribution in [3.8, 4) is 0 Å². The number of nitrogens with one attached hydrogen (secondary N) is 1. The first-order valence-corrected chi connectivity index (χ1v) is 7.86. The summed E-state index contributed by atoms with van der Waals surface area (Å²) in [6, 6.07) is 10.3. The van der Waals surface area contributed by atoms with Gasteiger partial charge in [-0.1, -0.05) is 26.0 Å². The van der Waals surface area contributed by atoms with Gasteiger partial charge in [-0.2, -0.15) is 0 Å². The van der Waals surface area contributed by atoms with Gasteiger partial charge in [-0.3, -0.25) is 4.98 Å². The van der Waals surface area contributed by atoms with E-state index in [1.165, 1.54) is 4.88 Å². The van der Waals surface area contributed by atoms with Crippen LogP contribution < -0.4 is 11.1 Å². The van der Waals surface area contributed by atoms with Gasteiger partial charge in [0.05, 0.1) is 11.4 Å². The fourth-order valence-electron chi connectivity index (χ4n) is 2.41. The van der Waals surface area contributed by atoms with Crippen molar-refractivity contribution in [1.29, 1.82) is 0 Å². The van der Waals surface area contributed by atoms with E-state index >= 15 is 0 Å². The van der Waals surface area contributed by atoms with Crippen LogP contribution in [-0.2, 0) is 5.41 Å². The first-order valence-electron chi connectivity index (χ1n) is 6.98. The Morgan fingerprint density at radius 2 is 2.10 bits per heavy atom. The molecule has 108 valence electrons. The van der Waals surface area contributed by atoms with Gasteiger partial charge in [0.1, 0.15) is 0 Å². The van der Waals surface area contributed by atoms with Crippen molar-refractivity contribution in [3.63, 3.8) is 0 Å². The van der Waals surface area contributed by atoms with E-state index in [4.69, 9.17) is 5.73 Å². The fraction of sp³-hybridized carbons (Fsp3) is 0.235. The van der Waals surface area contributed by atoms with E-state index in [0.717, 1.165) is 28.7 Å². The molecule has 0 unspecified atom stereocenters. The Morgan fingerprint density at radius 3 is 2.86 bits per heavy atom. The van der Waals surface area contributed by atoms with Crippen molar-refractivity contribution in [2.45, 2.75) is 19.3 Å². The van der Waals surface area contributed by atoms with Crippen molar-refractivity contribution in [2.24, 2.45) is 0 Å². The van der Waals surface area contributed by atoms with Gasteiger partial charge in [0.2, 0.25) is 0 Å². The molecule has 3 nitrogen and oxygen atoms in total. The maximum Gasteiger partial charge on any atom is 0.0630 e. The molecule has 3 N–H and O–H groups in total. The summed E-state index contributed by atoms with van der Waals surface area (Å²) >= 11 is 1.79. The van der Waals surface area contributed by atoms with Crippen LogP contribution in [-0.4, -0.2) is 11.5 Å². The lowest BCUT2D eigenvalue weighted by Crippen LogP contribution is -2.26. The van der Waals surface area contributed by atoms with E-state index in [1.54, 1.807) is 17.5 Å². The zero-order valence-electron chi connectivity index (χ0n) is 12.3. The Labute approximate surface area is 128 Å². The minimum absolute atomic E-state index is 0.0772. The summed E-state index contributed by atoms with van der Waals surface area (Å²) in [5.74, 6) is 0. The number of benzene rings is 1. The van der Waals surface area contributed by atoms with Crippen LogP contribution in [0.4, 0.5) is 11.4 Å². The van der Waals surface area contributed by atoms with Crippen molar-refractivity contribution >= 4 is 33.5 Å². The Kier molecular flexibility index (Phi) is 3.55. The second-order valence-corrected chi connectivity index (χ2v) is 6.79. The van der Waals surface area contributed by atoms with Crippen LogP contribution in [0.2, 0.25) is 0 Å². The van der Waals surface area contributed by atoms with Gasteiger partial charge in [0, 0.05) is 40.0 Å². The van der Waals surface area contributed by atoms with Gasteiger partial charge in [0.15, 0.2) is 0 Å². The minimum Gasteiger partial charge on any atom is -0.397 e. The Balaban J connectivity index is 1.84. The van der Waals surface area contributed by atoms with Crippen molar-refractivity contribution < 1.29 is 0 Å². The molecule has 1 aromatic carbocycles. The second-order valence-electron chi connectivity index (χ2n) is 5.84. The average Bonchev–Trinajstić information content (AvgIpc) is 3.02. The zero-order chi connectivity index (χ0) is 14.9. The molecule has 2 heterocycles. The number of pyridine rings is 1. The highest BCUT2D eigenvalue weighted by molar-refractivity contribution is 7.10. The summed E-state index contributed by atoms with van der Waals surface area (Å²) < 4.78 is 0. The van der Waals surface area contributed by atoms with E-state index < -0.39 is 0 Å². The molecule has 2 aromatic heterocycles. The van der Waals surface area contributed by atoms with Gasteiger partial charge in [-0.05, 0) is 23.6 Å². The minimum atomic E-state index is 0.0772. The Bertz CT molecular complexity index is 748. The van der Waals surface area contributed by atoms with Gasteiger partial charge in [0.25, 0.3) is 0 Å². The summed E-state index contributed by atoms with van der Waals surface area (Å²) in [4.78, 5) is 5.50. The second kappa shape index (κ2) is 5.37. The van der Waals surface area contributed by atoms with Gasteiger partial charge >= 0.3 is 0 Å². The number of rotatable bonds is 4. The van der Waals surface area contributed by atoms with E-state index in [2.05, 4.69) is 47.7 Å². The number of aromatic nitrogens is 1. The van der Waals surface area contributed by atoms with Gasteiger partial charge in [-0.25, -0.2) is 0 Å². The molecule has 0 aliphatic heterocycles. The normalized spacial score (nSPS) is 11.7. The topological polar surface area (TPSA) is 50.9 Å². The molecule has 0 spiro atoms. The molecule has 0 saturated heterocycles. The summed E-state index contributed by atoms with van der Waals surface area (Å²) in [5.41, 5.74) is 8.13. The molecule has 21 heavy (non-hydrogen) atoms. The molecular weight excluding hydrogens is 278 g/mol. The average molecular weight is 297 g/mol. The third kappa shape index (κ3) is 2.72. The van der Waals surface area contributed by atoms with E-state index in [-0.39, 0.29) is 5.41 Å². The van der Waals surface area contributed by atoms with Crippen molar-refractivity contribution in [3.05, 3.63) is 53.0 Å². The number of anilines is 2. The van der Waals surface area contributed by atoms with Crippen LogP contribution in [0, 0.1) is 0 Å². The summed E-state index contributed by atoms with van der Waals surface area (Å²) in [6.45, 7) is 5.33. The zero-order valence-corrected chi connectivity index (χ0v) is 13.1. The highest BCUT2D eigenvalue weighted by atomic mass is 32.1. The molecule has 4 heteroatoms. The van der Waals surface area contributed by atoms with E-state index in [9.17, 15) is 0 Å². The summed E-state index contributed by atoms with van der Waals surface area (Å²) in [6.07, 6.45) is 3.61. The molecule has 0 aliphatic rings. The highest BCUT2D eigenvalue weighted by Crippen LogP contribution is 2.31. The lowest BCUT2D eigenvalue weighted by atomic mass is 9.91. The molecule has 0 amide bonds. The predicted octanol–water partition coefficient (Wildman–Crippen LogP) is 4.27. The molecule has 3 aromatic rings. The largest absolute Gasteiger partial charge is 0.397 e. The predicted molar refractivity (Wildman–Crippen MR) is 92.0 cm³/mol. The van der Waals surface area contributed by atoms with Crippen molar-refractivity contribution in [2.75, 3.05) is 17.6 Å². The molecule has 3 rings (SSSR count). The van der Waals surface area contributed by atoms with Gasteiger partial charge < -0.3 is 11.1 Å². The van der Waals surface area contributed by atoms with Crippen LogP contribution in [0.1, 0.15) is 18.7 Å². The monoisotopic (exact) mass is 297 g/mol. The van der Waals surface area contributed by atoms with E-state index in [1.807, 2.05) is 18.3 Å². The van der Waals surface area contributed by atoms with Crippen LogP contribution in [0.25, 0.3) is 10.8 Å². The van der Waals surface area contributed by atoms with Crippen LogP contribution in [0.3, 0.4) is 0 Å². The standard InChI is InChI=1S/C17H19N3S/c1-17(2,15-4-3-9-21-15)11-20-14-6-5-12-10-19-8-7-13(12)16(14)18/h3-10,20H,11,18H2,1-2H3. The fourth-order valence-corrected chi connectivity index (χ4v) is 3.27. The SMILES string of the molecule is CC(C)(CNc1ccc2cnccc2c1N)c1cccs1. The molecule has 0 bridgehead atoms.